The van der Waals surface area contributed by atoms with Crippen LogP contribution in [0.2, 0.25) is 0 Å². The van der Waals surface area contributed by atoms with Gasteiger partial charge in [0.1, 0.15) is 0 Å². The lowest BCUT2D eigenvalue weighted by Gasteiger charge is -2.23. The number of anilines is 1. The predicted octanol–water partition coefficient (Wildman–Crippen LogP) is 3.41. The van der Waals surface area contributed by atoms with Crippen molar-refractivity contribution in [1.29, 1.82) is 0 Å². The van der Waals surface area contributed by atoms with Crippen LogP contribution in [0.5, 0.6) is 0 Å². The smallest absolute Gasteiger partial charge is 0.253 e. The molecule has 0 spiro atoms. The number of rotatable bonds is 14. The summed E-state index contributed by atoms with van der Waals surface area (Å²) in [5.41, 5.74) is 1.87. The molecule has 1 aliphatic heterocycles. The Labute approximate surface area is 207 Å². The van der Waals surface area contributed by atoms with Gasteiger partial charge in [-0.25, -0.2) is 0 Å². The third kappa shape index (κ3) is 8.77. The van der Waals surface area contributed by atoms with Crippen molar-refractivity contribution < 1.29 is 24.0 Å². The van der Waals surface area contributed by atoms with E-state index >= 15 is 0 Å². The highest BCUT2D eigenvalue weighted by Gasteiger charge is 2.27. The summed E-state index contributed by atoms with van der Waals surface area (Å²) >= 11 is 0. The minimum absolute atomic E-state index is 0.0356. The Bertz CT molecular complexity index is 934. The summed E-state index contributed by atoms with van der Waals surface area (Å²) < 4.78 is 0. The number of aryl methyl sites for hydroxylation is 1. The number of amides is 4. The van der Waals surface area contributed by atoms with Crippen molar-refractivity contribution in [2.24, 2.45) is 11.8 Å². The summed E-state index contributed by atoms with van der Waals surface area (Å²) in [6.45, 7) is 7.83. The third-order valence-electron chi connectivity index (χ3n) is 6.10. The van der Waals surface area contributed by atoms with Gasteiger partial charge in [0.2, 0.25) is 11.8 Å². The second-order valence-electron chi connectivity index (χ2n) is 9.37. The minimum Gasteiger partial charge on any atom is -0.346 e. The van der Waals surface area contributed by atoms with Gasteiger partial charge in [-0.05, 0) is 42.9 Å². The van der Waals surface area contributed by atoms with Crippen molar-refractivity contribution in [2.45, 2.75) is 72.3 Å². The summed E-state index contributed by atoms with van der Waals surface area (Å²) in [6, 6.07) is 6.95. The van der Waals surface area contributed by atoms with Crippen LogP contribution in [0.1, 0.15) is 65.4 Å². The highest BCUT2D eigenvalue weighted by Crippen LogP contribution is 2.16. The normalized spacial score (nSPS) is 14.8. The first kappa shape index (κ1) is 28.0. The van der Waals surface area contributed by atoms with E-state index in [0.29, 0.717) is 31.5 Å². The molecule has 0 aromatic heterocycles. The van der Waals surface area contributed by atoms with Crippen LogP contribution in [0.15, 0.2) is 36.4 Å². The van der Waals surface area contributed by atoms with Crippen LogP contribution in [0.3, 0.4) is 0 Å². The van der Waals surface area contributed by atoms with Crippen molar-refractivity contribution in [3.05, 3.63) is 42.0 Å². The lowest BCUT2D eigenvalue weighted by atomic mass is 9.92. The highest BCUT2D eigenvalue weighted by molar-refractivity contribution is 6.12. The van der Waals surface area contributed by atoms with E-state index in [4.69, 9.17) is 0 Å². The molecule has 0 saturated carbocycles. The Hall–Kier alpha value is -3.29. The first-order valence-electron chi connectivity index (χ1n) is 12.4. The first-order chi connectivity index (χ1) is 16.6. The van der Waals surface area contributed by atoms with Gasteiger partial charge in [-0.1, -0.05) is 46.2 Å². The number of hydrogen-bond donors (Lipinski definition) is 2. The van der Waals surface area contributed by atoms with Crippen molar-refractivity contribution in [3.63, 3.8) is 0 Å². The molecule has 2 rings (SSSR count). The van der Waals surface area contributed by atoms with Gasteiger partial charge in [0.15, 0.2) is 5.78 Å². The van der Waals surface area contributed by atoms with E-state index in [0.717, 1.165) is 6.42 Å². The van der Waals surface area contributed by atoms with E-state index < -0.39 is 12.0 Å². The number of nitrogens with one attached hydrogen (secondary N) is 2. The molecule has 1 heterocycles. The standard InChI is InChI=1S/C27H37N3O5/c1-5-20-10-12-21(13-11-20)28-27(35)19(4)17-22(31)26(18(2)3)29-23(32)9-7-6-8-16-30-24(33)14-15-25(30)34/h10-15,18-19,26H,5-9,16-17H2,1-4H3,(H,28,35)(H,29,32)/t19-,26+/m1/s1. The molecule has 190 valence electrons. The van der Waals surface area contributed by atoms with Crippen LogP contribution in [0.4, 0.5) is 5.69 Å². The largest absolute Gasteiger partial charge is 0.346 e. The number of ketones is 1. The second kappa shape index (κ2) is 13.6. The van der Waals surface area contributed by atoms with E-state index in [9.17, 15) is 24.0 Å². The Morgan fingerprint density at radius 3 is 2.11 bits per heavy atom. The molecule has 4 amide bonds. The van der Waals surface area contributed by atoms with E-state index in [1.54, 1.807) is 6.92 Å². The summed E-state index contributed by atoms with van der Waals surface area (Å²) in [5, 5.41) is 5.66. The molecule has 0 bridgehead atoms. The minimum atomic E-state index is -0.660. The Morgan fingerprint density at radius 1 is 0.914 bits per heavy atom. The molecule has 0 saturated heterocycles. The van der Waals surface area contributed by atoms with Crippen LogP contribution in [0, 0.1) is 11.8 Å². The molecule has 1 aromatic carbocycles. The monoisotopic (exact) mass is 483 g/mol. The maximum absolute atomic E-state index is 12.9. The van der Waals surface area contributed by atoms with Crippen LogP contribution < -0.4 is 10.6 Å². The van der Waals surface area contributed by atoms with E-state index in [1.807, 2.05) is 38.1 Å². The zero-order valence-electron chi connectivity index (χ0n) is 21.1. The summed E-state index contributed by atoms with van der Waals surface area (Å²) in [5.74, 6) is -1.87. The van der Waals surface area contributed by atoms with Crippen LogP contribution in [-0.4, -0.2) is 46.9 Å². The molecule has 0 fully saturated rings. The Kier molecular flexibility index (Phi) is 10.8. The molecular weight excluding hydrogens is 446 g/mol. The van der Waals surface area contributed by atoms with Crippen molar-refractivity contribution in [1.82, 2.24) is 10.2 Å². The molecule has 35 heavy (non-hydrogen) atoms. The van der Waals surface area contributed by atoms with Gasteiger partial charge in [-0.3, -0.25) is 28.9 Å². The quantitative estimate of drug-likeness (QED) is 0.311. The van der Waals surface area contributed by atoms with Crippen molar-refractivity contribution in [2.75, 3.05) is 11.9 Å². The average Bonchev–Trinajstić information content (AvgIpc) is 3.14. The fourth-order valence-electron chi connectivity index (χ4n) is 3.86. The van der Waals surface area contributed by atoms with Gasteiger partial charge >= 0.3 is 0 Å². The zero-order chi connectivity index (χ0) is 26.0. The second-order valence-corrected chi connectivity index (χ2v) is 9.37. The van der Waals surface area contributed by atoms with Crippen LogP contribution in [0.25, 0.3) is 0 Å². The van der Waals surface area contributed by atoms with Crippen molar-refractivity contribution >= 4 is 35.1 Å². The number of Topliss-reactive ketones (excluding diaryl/α,β-unsaturated/α-hetero) is 1. The number of hydrogen-bond acceptors (Lipinski definition) is 5. The SMILES string of the molecule is CCc1ccc(NC(=O)[C@H](C)CC(=O)[C@@H](NC(=O)CCCCCN2C(=O)C=CC2=O)C(C)C)cc1. The number of carbonyl (C=O) groups excluding carboxylic acids is 5. The van der Waals surface area contributed by atoms with Gasteiger partial charge in [-0.2, -0.15) is 0 Å². The molecule has 0 aliphatic carbocycles. The van der Waals surface area contributed by atoms with Gasteiger partial charge in [-0.15, -0.1) is 0 Å². The molecule has 8 nitrogen and oxygen atoms in total. The number of imide groups is 1. The third-order valence-corrected chi connectivity index (χ3v) is 6.10. The van der Waals surface area contributed by atoms with Gasteiger partial charge in [0, 0.05) is 43.1 Å². The fraction of sp³-hybridized carbons (Fsp3) is 0.519. The summed E-state index contributed by atoms with van der Waals surface area (Å²) in [6.07, 6.45) is 5.60. The lowest BCUT2D eigenvalue weighted by Crippen LogP contribution is -2.45. The van der Waals surface area contributed by atoms with Gasteiger partial charge in [0.25, 0.3) is 11.8 Å². The molecular formula is C27H37N3O5. The van der Waals surface area contributed by atoms with E-state index in [-0.39, 0.29) is 48.2 Å². The van der Waals surface area contributed by atoms with Crippen LogP contribution in [-0.2, 0) is 30.4 Å². The van der Waals surface area contributed by atoms with E-state index in [1.165, 1.54) is 22.6 Å². The van der Waals surface area contributed by atoms with Crippen molar-refractivity contribution in [3.8, 4) is 0 Å². The lowest BCUT2D eigenvalue weighted by molar-refractivity contribution is -0.137. The maximum Gasteiger partial charge on any atom is 0.253 e. The molecule has 1 aromatic rings. The summed E-state index contributed by atoms with van der Waals surface area (Å²) in [7, 11) is 0. The zero-order valence-corrected chi connectivity index (χ0v) is 21.1. The average molecular weight is 484 g/mol. The van der Waals surface area contributed by atoms with Gasteiger partial charge in [0.05, 0.1) is 6.04 Å². The highest BCUT2D eigenvalue weighted by atomic mass is 16.2. The molecule has 0 radical (unpaired) electrons. The van der Waals surface area contributed by atoms with E-state index in [2.05, 4.69) is 17.6 Å². The fourth-order valence-corrected chi connectivity index (χ4v) is 3.86. The molecule has 8 heteroatoms. The summed E-state index contributed by atoms with van der Waals surface area (Å²) in [4.78, 5) is 62.1. The maximum atomic E-state index is 12.9. The van der Waals surface area contributed by atoms with Gasteiger partial charge < -0.3 is 10.6 Å². The molecule has 0 unspecified atom stereocenters. The molecule has 2 atom stereocenters. The predicted molar refractivity (Wildman–Crippen MR) is 134 cm³/mol. The molecule has 1 aliphatic rings. The number of benzene rings is 1. The Balaban J connectivity index is 1.75. The Morgan fingerprint density at radius 2 is 1.54 bits per heavy atom. The number of unbranched alkanes of at least 4 members (excludes halogenated alkanes) is 2. The topological polar surface area (TPSA) is 113 Å². The molecule has 2 N–H and O–H groups in total. The number of carbonyl (C=O) groups is 5. The number of nitrogens with zero attached hydrogens (tertiary/aromatic N) is 1. The first-order valence-corrected chi connectivity index (χ1v) is 12.4. The van der Waals surface area contributed by atoms with Crippen LogP contribution >= 0.6 is 0 Å².